The molecule has 0 aromatic heterocycles. The highest BCUT2D eigenvalue weighted by Gasteiger charge is 2.83. The first kappa shape index (κ1) is 11.5. The summed E-state index contributed by atoms with van der Waals surface area (Å²) in [5.74, 6) is -22.5. The van der Waals surface area contributed by atoms with E-state index in [0.29, 0.717) is 0 Å². The van der Waals surface area contributed by atoms with Gasteiger partial charge in [0.2, 0.25) is 0 Å². The zero-order valence-corrected chi connectivity index (χ0v) is 6.31. The molecule has 0 nitrogen and oxygen atoms in total. The second kappa shape index (κ2) is 2.52. The van der Waals surface area contributed by atoms with E-state index < -0.39 is 36.5 Å². The highest BCUT2D eigenvalue weighted by Crippen LogP contribution is 2.59. The molecular weight excluding hydrogens is 224 g/mol. The largest absolute Gasteiger partial charge is 0.378 e. The van der Waals surface area contributed by atoms with Crippen LogP contribution in [-0.2, 0) is 0 Å². The summed E-state index contributed by atoms with van der Waals surface area (Å²) in [4.78, 5) is 0. The summed E-state index contributed by atoms with van der Waals surface area (Å²) in [6.45, 7) is 0. The molecule has 14 heavy (non-hydrogen) atoms. The van der Waals surface area contributed by atoms with Crippen molar-refractivity contribution in [2.75, 3.05) is 0 Å². The molecule has 0 saturated heterocycles. The van der Waals surface area contributed by atoms with Crippen LogP contribution in [0.25, 0.3) is 0 Å². The van der Waals surface area contributed by atoms with Crippen molar-refractivity contribution in [2.24, 2.45) is 0 Å². The van der Waals surface area contributed by atoms with Gasteiger partial charge in [-0.3, -0.25) is 0 Å². The maximum atomic E-state index is 12.3. The molecular formula is C6H3F8. The van der Waals surface area contributed by atoms with Gasteiger partial charge in [-0.05, 0) is 0 Å². The Hall–Kier alpha value is -0.560. The van der Waals surface area contributed by atoms with Gasteiger partial charge < -0.3 is 0 Å². The second-order valence-corrected chi connectivity index (χ2v) is 2.88. The molecule has 8 heteroatoms. The fourth-order valence-corrected chi connectivity index (χ4v) is 0.952. The lowest BCUT2D eigenvalue weighted by Gasteiger charge is -2.41. The van der Waals surface area contributed by atoms with Gasteiger partial charge in [0.1, 0.15) is 0 Å². The van der Waals surface area contributed by atoms with Gasteiger partial charge in [0, 0.05) is 12.8 Å². The van der Waals surface area contributed by atoms with Gasteiger partial charge in [0.15, 0.2) is 0 Å². The fraction of sp³-hybridized carbons (Fsp3) is 0.833. The van der Waals surface area contributed by atoms with Gasteiger partial charge in [0.25, 0.3) is 0 Å². The van der Waals surface area contributed by atoms with E-state index in [1.165, 1.54) is 0 Å². The van der Waals surface area contributed by atoms with Crippen LogP contribution in [0.15, 0.2) is 0 Å². The molecule has 0 atom stereocenters. The van der Waals surface area contributed by atoms with Crippen molar-refractivity contribution in [3.8, 4) is 0 Å². The SMILES string of the molecule is FC1(F)[CH]CC(F)(F)C(F)(F)C1(F)F. The van der Waals surface area contributed by atoms with Crippen molar-refractivity contribution in [3.05, 3.63) is 6.42 Å². The first-order chi connectivity index (χ1) is 5.96. The Labute approximate surface area is 72.9 Å². The van der Waals surface area contributed by atoms with Crippen molar-refractivity contribution < 1.29 is 35.1 Å². The lowest BCUT2D eigenvalue weighted by molar-refractivity contribution is -0.377. The molecule has 83 valence electrons. The van der Waals surface area contributed by atoms with Crippen LogP contribution in [0.2, 0.25) is 0 Å². The van der Waals surface area contributed by atoms with E-state index in [9.17, 15) is 35.1 Å². The minimum absolute atomic E-state index is 0.787. The van der Waals surface area contributed by atoms with Crippen LogP contribution in [0.4, 0.5) is 35.1 Å². The van der Waals surface area contributed by atoms with E-state index in [4.69, 9.17) is 0 Å². The highest BCUT2D eigenvalue weighted by atomic mass is 19.4. The zero-order chi connectivity index (χ0) is 11.4. The fourth-order valence-electron chi connectivity index (χ4n) is 0.952. The molecule has 0 amide bonds. The summed E-state index contributed by atoms with van der Waals surface area (Å²) in [5, 5.41) is 0. The van der Waals surface area contributed by atoms with Crippen LogP contribution < -0.4 is 0 Å². The Morgan fingerprint density at radius 1 is 0.714 bits per heavy atom. The third-order valence-electron chi connectivity index (χ3n) is 1.89. The molecule has 1 saturated carbocycles. The first-order valence-corrected chi connectivity index (χ1v) is 3.31. The molecule has 0 heterocycles. The van der Waals surface area contributed by atoms with Crippen LogP contribution in [-0.4, -0.2) is 23.7 Å². The molecule has 0 N–H and O–H groups in total. The van der Waals surface area contributed by atoms with Gasteiger partial charge in [-0.1, -0.05) is 0 Å². The molecule has 0 spiro atoms. The Kier molecular flexibility index (Phi) is 2.07. The molecule has 1 aliphatic carbocycles. The Balaban J connectivity index is 3.20. The van der Waals surface area contributed by atoms with E-state index in [2.05, 4.69) is 0 Å². The molecule has 0 aromatic rings. The van der Waals surface area contributed by atoms with Gasteiger partial charge >= 0.3 is 23.7 Å². The van der Waals surface area contributed by atoms with Crippen LogP contribution >= 0.6 is 0 Å². The quantitative estimate of drug-likeness (QED) is 0.557. The Bertz CT molecular complexity index is 216. The number of alkyl halides is 8. The Morgan fingerprint density at radius 2 is 1.14 bits per heavy atom. The van der Waals surface area contributed by atoms with Crippen molar-refractivity contribution in [1.29, 1.82) is 0 Å². The molecule has 0 aromatic carbocycles. The van der Waals surface area contributed by atoms with E-state index in [1.54, 1.807) is 0 Å². The number of rotatable bonds is 0. The van der Waals surface area contributed by atoms with Gasteiger partial charge in [-0.2, -0.15) is 35.1 Å². The van der Waals surface area contributed by atoms with Crippen molar-refractivity contribution >= 4 is 0 Å². The van der Waals surface area contributed by atoms with Crippen molar-refractivity contribution in [1.82, 2.24) is 0 Å². The molecule has 1 fully saturated rings. The average Bonchev–Trinajstić information content (AvgIpc) is 1.98. The smallest absolute Gasteiger partial charge is 0.200 e. The Morgan fingerprint density at radius 3 is 1.50 bits per heavy atom. The predicted molar refractivity (Wildman–Crippen MR) is 28.7 cm³/mol. The first-order valence-electron chi connectivity index (χ1n) is 3.31. The number of hydrogen-bond acceptors (Lipinski definition) is 0. The number of hydrogen-bond donors (Lipinski definition) is 0. The average molecular weight is 227 g/mol. The summed E-state index contributed by atoms with van der Waals surface area (Å²) in [7, 11) is 0. The molecule has 1 rings (SSSR count). The molecule has 1 aliphatic rings. The summed E-state index contributed by atoms with van der Waals surface area (Å²) in [6.07, 6.45) is -2.87. The lowest BCUT2D eigenvalue weighted by Crippen LogP contribution is -2.66. The topological polar surface area (TPSA) is 0 Å². The lowest BCUT2D eigenvalue weighted by atomic mass is 9.86. The normalized spacial score (nSPS) is 32.6. The summed E-state index contributed by atoms with van der Waals surface area (Å²) >= 11 is 0. The van der Waals surface area contributed by atoms with Crippen LogP contribution in [0.3, 0.4) is 0 Å². The van der Waals surface area contributed by atoms with Crippen LogP contribution in [0, 0.1) is 6.42 Å². The monoisotopic (exact) mass is 227 g/mol. The molecule has 0 unspecified atom stereocenters. The van der Waals surface area contributed by atoms with E-state index in [0.717, 1.165) is 0 Å². The van der Waals surface area contributed by atoms with Crippen molar-refractivity contribution in [3.63, 3.8) is 0 Å². The van der Waals surface area contributed by atoms with Crippen LogP contribution in [0.1, 0.15) is 6.42 Å². The molecule has 0 bridgehead atoms. The highest BCUT2D eigenvalue weighted by molar-refractivity contribution is 5.15. The zero-order valence-electron chi connectivity index (χ0n) is 6.31. The summed E-state index contributed by atoms with van der Waals surface area (Å²) in [6, 6.07) is 0. The number of halogens is 8. The molecule has 0 aliphatic heterocycles. The van der Waals surface area contributed by atoms with Crippen molar-refractivity contribution in [2.45, 2.75) is 30.1 Å². The maximum absolute atomic E-state index is 12.3. The third kappa shape index (κ3) is 1.12. The van der Waals surface area contributed by atoms with E-state index >= 15 is 0 Å². The second-order valence-electron chi connectivity index (χ2n) is 2.88. The minimum atomic E-state index is -6.07. The van der Waals surface area contributed by atoms with Gasteiger partial charge in [0.05, 0.1) is 0 Å². The predicted octanol–water partition coefficient (Wildman–Crippen LogP) is 3.14. The van der Waals surface area contributed by atoms with E-state index in [1.807, 2.05) is 0 Å². The standard InChI is InChI=1S/C6H3F8/c7-3(8)1-2-4(9,10)6(13,14)5(3,11)12/h1H,2H2. The minimum Gasteiger partial charge on any atom is -0.200 e. The summed E-state index contributed by atoms with van der Waals surface area (Å²) in [5.41, 5.74) is 0. The van der Waals surface area contributed by atoms with E-state index in [-0.39, 0.29) is 0 Å². The van der Waals surface area contributed by atoms with Gasteiger partial charge in [-0.15, -0.1) is 0 Å². The van der Waals surface area contributed by atoms with Crippen LogP contribution in [0.5, 0.6) is 0 Å². The maximum Gasteiger partial charge on any atom is 0.378 e. The van der Waals surface area contributed by atoms with Gasteiger partial charge in [-0.25, -0.2) is 0 Å². The summed E-state index contributed by atoms with van der Waals surface area (Å²) < 4.78 is 97.9. The molecule has 1 radical (unpaired) electrons. The third-order valence-corrected chi connectivity index (χ3v) is 1.89.